The summed E-state index contributed by atoms with van der Waals surface area (Å²) in [5.41, 5.74) is 2.89. The number of hydrogen-bond donors (Lipinski definition) is 0. The van der Waals surface area contributed by atoms with Crippen LogP contribution in [0.2, 0.25) is 15.1 Å². The SMILES string of the molecule is S=C(C1=NN(c2ccc(Cl)cc2Cl)C(c2ccc(Cl)cc2)C1)N1CCCCCCC1. The zero-order chi connectivity index (χ0) is 21.1. The molecule has 2 aliphatic heterocycles. The van der Waals surface area contributed by atoms with Crippen molar-refractivity contribution in [2.45, 2.75) is 44.6 Å². The van der Waals surface area contributed by atoms with Crippen molar-refractivity contribution in [2.75, 3.05) is 18.1 Å². The minimum absolute atomic E-state index is 0.00338. The predicted molar refractivity (Wildman–Crippen MR) is 132 cm³/mol. The largest absolute Gasteiger partial charge is 0.361 e. The summed E-state index contributed by atoms with van der Waals surface area (Å²) in [7, 11) is 0. The smallest absolute Gasteiger partial charge is 0.125 e. The number of benzene rings is 2. The molecule has 2 heterocycles. The summed E-state index contributed by atoms with van der Waals surface area (Å²) in [6.45, 7) is 2.01. The Kier molecular flexibility index (Phi) is 7.20. The Morgan fingerprint density at radius 1 is 0.867 bits per heavy atom. The molecule has 0 radical (unpaired) electrons. The van der Waals surface area contributed by atoms with Crippen LogP contribution in [0.3, 0.4) is 0 Å². The first kappa shape index (κ1) is 21.9. The Hall–Kier alpha value is -1.33. The van der Waals surface area contributed by atoms with E-state index in [0.717, 1.165) is 41.5 Å². The molecule has 1 unspecified atom stereocenters. The second kappa shape index (κ2) is 9.86. The Morgan fingerprint density at radius 3 is 2.17 bits per heavy atom. The van der Waals surface area contributed by atoms with Gasteiger partial charge in [-0.2, -0.15) is 5.10 Å². The first-order valence-corrected chi connectivity index (χ1v) is 11.9. The number of nitrogens with zero attached hydrogens (tertiary/aromatic N) is 3. The molecule has 1 fully saturated rings. The lowest BCUT2D eigenvalue weighted by Gasteiger charge is -2.27. The van der Waals surface area contributed by atoms with E-state index in [1.54, 1.807) is 6.07 Å². The second-order valence-electron chi connectivity index (χ2n) is 7.82. The third-order valence-corrected chi connectivity index (χ3v) is 7.00. The molecule has 0 bridgehead atoms. The van der Waals surface area contributed by atoms with Gasteiger partial charge in [-0.25, -0.2) is 0 Å². The molecule has 1 atom stereocenters. The van der Waals surface area contributed by atoms with Crippen LogP contribution in [0.1, 0.15) is 50.1 Å². The van der Waals surface area contributed by atoms with Gasteiger partial charge in [-0.15, -0.1) is 0 Å². The molecule has 0 amide bonds. The standard InChI is InChI=1S/C23H24Cl3N3S/c24-17-8-6-16(7-9-17)22-15-20(23(30)28-12-4-2-1-3-5-13-28)27-29(22)21-11-10-18(25)14-19(21)26/h6-11,14,22H,1-5,12-13,15H2. The first-order valence-electron chi connectivity index (χ1n) is 10.4. The highest BCUT2D eigenvalue weighted by Gasteiger charge is 2.33. The highest BCUT2D eigenvalue weighted by molar-refractivity contribution is 7.82. The van der Waals surface area contributed by atoms with E-state index < -0.39 is 0 Å². The van der Waals surface area contributed by atoms with E-state index in [1.807, 2.05) is 41.4 Å². The molecule has 4 rings (SSSR count). The quantitative estimate of drug-likeness (QED) is 0.423. The van der Waals surface area contributed by atoms with E-state index in [4.69, 9.17) is 52.1 Å². The van der Waals surface area contributed by atoms with Crippen LogP contribution in [-0.2, 0) is 0 Å². The third kappa shape index (κ3) is 4.94. The topological polar surface area (TPSA) is 18.8 Å². The summed E-state index contributed by atoms with van der Waals surface area (Å²) in [5, 5.41) is 8.83. The van der Waals surface area contributed by atoms with Gasteiger partial charge in [-0.1, -0.05) is 78.4 Å². The Bertz CT molecular complexity index is 937. The van der Waals surface area contributed by atoms with Gasteiger partial charge >= 0.3 is 0 Å². The summed E-state index contributed by atoms with van der Waals surface area (Å²) in [6.07, 6.45) is 6.96. The van der Waals surface area contributed by atoms with Crippen LogP contribution in [0.5, 0.6) is 0 Å². The van der Waals surface area contributed by atoms with E-state index in [9.17, 15) is 0 Å². The molecule has 3 nitrogen and oxygen atoms in total. The molecule has 30 heavy (non-hydrogen) atoms. The molecule has 1 saturated heterocycles. The zero-order valence-electron chi connectivity index (χ0n) is 16.7. The maximum Gasteiger partial charge on any atom is 0.125 e. The minimum atomic E-state index is 0.00338. The number of anilines is 1. The van der Waals surface area contributed by atoms with Gasteiger partial charge in [-0.05, 0) is 48.7 Å². The van der Waals surface area contributed by atoms with E-state index in [0.29, 0.717) is 15.1 Å². The average molecular weight is 481 g/mol. The number of hydrogen-bond acceptors (Lipinski definition) is 3. The van der Waals surface area contributed by atoms with Crippen molar-refractivity contribution in [3.8, 4) is 0 Å². The molecule has 7 heteroatoms. The van der Waals surface area contributed by atoms with Crippen LogP contribution >= 0.6 is 47.0 Å². The fourth-order valence-corrected chi connectivity index (χ4v) is 5.03. The van der Waals surface area contributed by atoms with Crippen molar-refractivity contribution in [3.63, 3.8) is 0 Å². The van der Waals surface area contributed by atoms with Gasteiger partial charge in [0.25, 0.3) is 0 Å². The highest BCUT2D eigenvalue weighted by atomic mass is 35.5. The van der Waals surface area contributed by atoms with Crippen LogP contribution < -0.4 is 5.01 Å². The molecule has 158 valence electrons. The van der Waals surface area contributed by atoms with E-state index >= 15 is 0 Å². The summed E-state index contributed by atoms with van der Waals surface area (Å²) >= 11 is 24.7. The van der Waals surface area contributed by atoms with Gasteiger partial charge in [-0.3, -0.25) is 5.01 Å². The van der Waals surface area contributed by atoms with Crippen LogP contribution in [-0.4, -0.2) is 28.7 Å². The summed E-state index contributed by atoms with van der Waals surface area (Å²) in [6, 6.07) is 13.4. The number of rotatable bonds is 3. The van der Waals surface area contributed by atoms with Crippen molar-refractivity contribution < 1.29 is 0 Å². The molecule has 2 aromatic rings. The fourth-order valence-electron chi connectivity index (χ4n) is 4.11. The Labute approximate surface area is 198 Å². The van der Waals surface area contributed by atoms with Crippen LogP contribution in [0, 0.1) is 0 Å². The first-order chi connectivity index (χ1) is 14.5. The number of hydrazone groups is 1. The molecule has 2 aliphatic rings. The molecular weight excluding hydrogens is 457 g/mol. The lowest BCUT2D eigenvalue weighted by atomic mass is 10.0. The third-order valence-electron chi connectivity index (χ3n) is 5.71. The highest BCUT2D eigenvalue weighted by Crippen LogP contribution is 2.40. The summed E-state index contributed by atoms with van der Waals surface area (Å²) in [4.78, 5) is 3.20. The monoisotopic (exact) mass is 479 g/mol. The Balaban J connectivity index is 1.66. The lowest BCUT2D eigenvalue weighted by molar-refractivity contribution is 0.369. The van der Waals surface area contributed by atoms with Crippen LogP contribution in [0.25, 0.3) is 0 Å². The van der Waals surface area contributed by atoms with Gasteiger partial charge in [0.2, 0.25) is 0 Å². The summed E-state index contributed by atoms with van der Waals surface area (Å²) < 4.78 is 0. The van der Waals surface area contributed by atoms with Gasteiger partial charge in [0.05, 0.1) is 22.5 Å². The lowest BCUT2D eigenvalue weighted by Crippen LogP contribution is -2.37. The van der Waals surface area contributed by atoms with Crippen molar-refractivity contribution in [2.24, 2.45) is 5.10 Å². The molecule has 0 spiro atoms. The van der Waals surface area contributed by atoms with Gasteiger partial charge < -0.3 is 4.90 Å². The van der Waals surface area contributed by atoms with E-state index in [1.165, 1.54) is 32.1 Å². The van der Waals surface area contributed by atoms with Gasteiger partial charge in [0.1, 0.15) is 4.99 Å². The van der Waals surface area contributed by atoms with E-state index in [2.05, 4.69) is 4.90 Å². The van der Waals surface area contributed by atoms with Gasteiger partial charge in [0.15, 0.2) is 0 Å². The number of halogens is 3. The molecule has 0 aromatic heterocycles. The van der Waals surface area contributed by atoms with Crippen molar-refractivity contribution in [3.05, 3.63) is 63.1 Å². The second-order valence-corrected chi connectivity index (χ2v) is 9.49. The molecular formula is C23H24Cl3N3S. The maximum atomic E-state index is 6.54. The fraction of sp³-hybridized carbons (Fsp3) is 0.391. The molecule has 0 saturated carbocycles. The van der Waals surface area contributed by atoms with Crippen molar-refractivity contribution >= 4 is 63.4 Å². The summed E-state index contributed by atoms with van der Waals surface area (Å²) in [5.74, 6) is 0. The van der Waals surface area contributed by atoms with Gasteiger partial charge in [0, 0.05) is 29.6 Å². The number of thiocarbonyl (C=S) groups is 1. The van der Waals surface area contributed by atoms with Crippen LogP contribution in [0.4, 0.5) is 5.69 Å². The zero-order valence-corrected chi connectivity index (χ0v) is 19.7. The maximum absolute atomic E-state index is 6.54. The minimum Gasteiger partial charge on any atom is -0.361 e. The number of likely N-dealkylation sites (tertiary alicyclic amines) is 1. The molecule has 0 aliphatic carbocycles. The van der Waals surface area contributed by atoms with Crippen molar-refractivity contribution in [1.29, 1.82) is 0 Å². The molecule has 0 N–H and O–H groups in total. The predicted octanol–water partition coefficient (Wildman–Crippen LogP) is 7.55. The normalized spacial score (nSPS) is 20.0. The van der Waals surface area contributed by atoms with E-state index in [-0.39, 0.29) is 6.04 Å². The Morgan fingerprint density at radius 2 is 1.50 bits per heavy atom. The van der Waals surface area contributed by atoms with Crippen LogP contribution in [0.15, 0.2) is 47.6 Å². The molecule has 2 aromatic carbocycles. The average Bonchev–Trinajstić information content (AvgIpc) is 3.13. The van der Waals surface area contributed by atoms with Crippen molar-refractivity contribution in [1.82, 2.24) is 4.90 Å².